The van der Waals surface area contributed by atoms with Crippen LogP contribution in [0.25, 0.3) is 0 Å². The second-order valence-corrected chi connectivity index (χ2v) is 4.27. The number of carbonyl (C=O) groups excluding carboxylic acids is 1. The predicted octanol–water partition coefficient (Wildman–Crippen LogP) is 3.96. The molecule has 0 amide bonds. The highest BCUT2D eigenvalue weighted by Gasteiger charge is 2.54. The molecular weight excluding hydrogens is 275 g/mol. The SMILES string of the molecule is O=C(CC(C(F)(F)F)C(F)(F)S)c1ccccc1. The molecule has 18 heavy (non-hydrogen) atoms. The Hall–Kier alpha value is -1.11. The quantitative estimate of drug-likeness (QED) is 0.503. The number of halogens is 5. The molecule has 0 spiro atoms. The van der Waals surface area contributed by atoms with Gasteiger partial charge in [0, 0.05) is 12.0 Å². The van der Waals surface area contributed by atoms with Crippen molar-refractivity contribution < 1.29 is 26.7 Å². The average Bonchev–Trinajstić information content (AvgIpc) is 2.23. The smallest absolute Gasteiger partial charge is 0.294 e. The molecule has 7 heteroatoms. The Labute approximate surface area is 105 Å². The maximum atomic E-state index is 12.8. The molecule has 0 aromatic heterocycles. The van der Waals surface area contributed by atoms with E-state index in [9.17, 15) is 26.7 Å². The first-order chi connectivity index (χ1) is 8.12. The fourth-order valence-electron chi connectivity index (χ4n) is 1.36. The zero-order chi connectivity index (χ0) is 14.0. The molecule has 0 bridgehead atoms. The summed E-state index contributed by atoms with van der Waals surface area (Å²) in [5.41, 5.74) is -0.0377. The third kappa shape index (κ3) is 3.97. The van der Waals surface area contributed by atoms with Crippen molar-refractivity contribution in [2.75, 3.05) is 0 Å². The van der Waals surface area contributed by atoms with Crippen LogP contribution in [-0.4, -0.2) is 17.2 Å². The summed E-state index contributed by atoms with van der Waals surface area (Å²) in [6, 6.07) is 6.98. The van der Waals surface area contributed by atoms with Crippen LogP contribution in [-0.2, 0) is 0 Å². The van der Waals surface area contributed by atoms with Gasteiger partial charge in [0.1, 0.15) is 5.92 Å². The Morgan fingerprint density at radius 1 is 1.11 bits per heavy atom. The summed E-state index contributed by atoms with van der Waals surface area (Å²) >= 11 is 2.62. The normalized spacial score (nSPS) is 14.3. The van der Waals surface area contributed by atoms with Crippen molar-refractivity contribution in [1.82, 2.24) is 0 Å². The summed E-state index contributed by atoms with van der Waals surface area (Å²) < 4.78 is 62.7. The van der Waals surface area contributed by atoms with E-state index >= 15 is 0 Å². The van der Waals surface area contributed by atoms with Gasteiger partial charge in [0.25, 0.3) is 0 Å². The van der Waals surface area contributed by atoms with Crippen LogP contribution in [0.3, 0.4) is 0 Å². The molecule has 1 unspecified atom stereocenters. The molecule has 100 valence electrons. The van der Waals surface area contributed by atoms with Crippen molar-refractivity contribution in [3.05, 3.63) is 35.9 Å². The van der Waals surface area contributed by atoms with Crippen LogP contribution in [0.5, 0.6) is 0 Å². The number of rotatable bonds is 4. The Morgan fingerprint density at radius 3 is 2.00 bits per heavy atom. The maximum Gasteiger partial charge on any atom is 0.398 e. The number of alkyl halides is 5. The van der Waals surface area contributed by atoms with Gasteiger partial charge in [-0.25, -0.2) is 0 Å². The number of benzene rings is 1. The molecule has 1 aromatic carbocycles. The number of carbonyl (C=O) groups is 1. The second-order valence-electron chi connectivity index (χ2n) is 3.68. The van der Waals surface area contributed by atoms with E-state index in [1.165, 1.54) is 24.3 Å². The molecule has 1 nitrogen and oxygen atoms in total. The van der Waals surface area contributed by atoms with Gasteiger partial charge in [-0.2, -0.15) is 22.0 Å². The van der Waals surface area contributed by atoms with E-state index in [4.69, 9.17) is 0 Å². The van der Waals surface area contributed by atoms with Crippen LogP contribution in [0.1, 0.15) is 16.8 Å². The third-order valence-corrected chi connectivity index (χ3v) is 2.61. The first kappa shape index (κ1) is 14.9. The van der Waals surface area contributed by atoms with Crippen molar-refractivity contribution in [3.63, 3.8) is 0 Å². The summed E-state index contributed by atoms with van der Waals surface area (Å²) in [6.07, 6.45) is -6.51. The number of thiol groups is 1. The van der Waals surface area contributed by atoms with Gasteiger partial charge in [-0.15, -0.1) is 12.6 Å². The molecule has 0 aliphatic carbocycles. The molecular formula is C11H9F5OS. The molecule has 1 atom stereocenters. The minimum atomic E-state index is -5.18. The van der Waals surface area contributed by atoms with Crippen LogP contribution in [0.4, 0.5) is 22.0 Å². The number of ketones is 1. The lowest BCUT2D eigenvalue weighted by molar-refractivity contribution is -0.213. The summed E-state index contributed by atoms with van der Waals surface area (Å²) in [6.45, 7) is 0. The lowest BCUT2D eigenvalue weighted by atomic mass is 9.98. The Morgan fingerprint density at radius 2 is 1.61 bits per heavy atom. The highest BCUT2D eigenvalue weighted by molar-refractivity contribution is 7.81. The van der Waals surface area contributed by atoms with E-state index in [1.54, 1.807) is 6.07 Å². The summed E-state index contributed by atoms with van der Waals surface area (Å²) in [5, 5.41) is -4.29. The summed E-state index contributed by atoms with van der Waals surface area (Å²) in [4.78, 5) is 11.5. The predicted molar refractivity (Wildman–Crippen MR) is 58.9 cm³/mol. The minimum Gasteiger partial charge on any atom is -0.294 e. The van der Waals surface area contributed by atoms with Crippen molar-refractivity contribution in [2.24, 2.45) is 5.92 Å². The summed E-state index contributed by atoms with van der Waals surface area (Å²) in [7, 11) is 0. The summed E-state index contributed by atoms with van der Waals surface area (Å²) in [5.74, 6) is -4.09. The highest BCUT2D eigenvalue weighted by atomic mass is 32.1. The molecule has 0 saturated heterocycles. The maximum absolute atomic E-state index is 12.8. The lowest BCUT2D eigenvalue weighted by Crippen LogP contribution is -2.37. The first-order valence-electron chi connectivity index (χ1n) is 4.87. The van der Waals surface area contributed by atoms with E-state index in [-0.39, 0.29) is 5.56 Å². The van der Waals surface area contributed by atoms with Gasteiger partial charge in [-0.1, -0.05) is 30.3 Å². The number of hydrogen-bond acceptors (Lipinski definition) is 2. The van der Waals surface area contributed by atoms with Crippen molar-refractivity contribution in [3.8, 4) is 0 Å². The van der Waals surface area contributed by atoms with Crippen LogP contribution in [0.2, 0.25) is 0 Å². The van der Waals surface area contributed by atoms with E-state index in [2.05, 4.69) is 12.6 Å². The molecule has 0 N–H and O–H groups in total. The largest absolute Gasteiger partial charge is 0.398 e. The van der Waals surface area contributed by atoms with Crippen LogP contribution in [0.15, 0.2) is 30.3 Å². The van der Waals surface area contributed by atoms with Crippen LogP contribution in [0, 0.1) is 5.92 Å². The Bertz CT molecular complexity index is 396. The van der Waals surface area contributed by atoms with Gasteiger partial charge in [-0.3, -0.25) is 4.79 Å². The number of hydrogen-bond donors (Lipinski definition) is 1. The molecule has 0 radical (unpaired) electrons. The van der Waals surface area contributed by atoms with Gasteiger partial charge in [0.15, 0.2) is 5.78 Å². The molecule has 0 aliphatic rings. The molecule has 0 saturated carbocycles. The van der Waals surface area contributed by atoms with E-state index < -0.39 is 29.6 Å². The highest BCUT2D eigenvalue weighted by Crippen LogP contribution is 2.43. The monoisotopic (exact) mass is 284 g/mol. The Kier molecular flexibility index (Phi) is 4.37. The van der Waals surface area contributed by atoms with Crippen molar-refractivity contribution in [2.45, 2.75) is 17.9 Å². The van der Waals surface area contributed by atoms with E-state index in [1.807, 2.05) is 0 Å². The van der Waals surface area contributed by atoms with Gasteiger partial charge in [-0.05, 0) is 0 Å². The fourth-order valence-corrected chi connectivity index (χ4v) is 1.60. The van der Waals surface area contributed by atoms with Crippen molar-refractivity contribution >= 4 is 18.4 Å². The minimum absolute atomic E-state index is 0.0377. The van der Waals surface area contributed by atoms with E-state index in [0.29, 0.717) is 0 Å². The average molecular weight is 284 g/mol. The van der Waals surface area contributed by atoms with Gasteiger partial charge >= 0.3 is 11.4 Å². The van der Waals surface area contributed by atoms with Crippen molar-refractivity contribution in [1.29, 1.82) is 0 Å². The van der Waals surface area contributed by atoms with Crippen LogP contribution >= 0.6 is 12.6 Å². The lowest BCUT2D eigenvalue weighted by Gasteiger charge is -2.24. The third-order valence-electron chi connectivity index (χ3n) is 2.30. The van der Waals surface area contributed by atoms with Crippen LogP contribution < -0.4 is 0 Å². The topological polar surface area (TPSA) is 17.1 Å². The van der Waals surface area contributed by atoms with E-state index in [0.717, 1.165) is 0 Å². The Balaban J connectivity index is 2.90. The fraction of sp³-hybridized carbons (Fsp3) is 0.364. The van der Waals surface area contributed by atoms with Gasteiger partial charge in [0.2, 0.25) is 0 Å². The molecule has 1 aromatic rings. The standard InChI is InChI=1S/C11H9F5OS/c12-10(13,14)9(11(15,16)18)6-8(17)7-4-2-1-3-5-7/h1-5,9,18H,6H2. The zero-order valence-corrected chi connectivity index (χ0v) is 9.81. The van der Waals surface area contributed by atoms with Gasteiger partial charge < -0.3 is 0 Å². The first-order valence-corrected chi connectivity index (χ1v) is 5.32. The molecule has 0 aliphatic heterocycles. The zero-order valence-electron chi connectivity index (χ0n) is 8.92. The van der Waals surface area contributed by atoms with Gasteiger partial charge in [0.05, 0.1) is 0 Å². The second kappa shape index (κ2) is 5.26. The number of Topliss-reactive ketones (excluding diaryl/α,β-unsaturated/α-hetero) is 1. The molecule has 0 heterocycles. The molecule has 0 fully saturated rings. The molecule has 1 rings (SSSR count).